The molecular formula is C26H30O3. The number of fused-ring (bicyclic) bond motifs is 1. The molecule has 0 aromatic heterocycles. The van der Waals surface area contributed by atoms with E-state index in [1.807, 2.05) is 6.92 Å². The highest BCUT2D eigenvalue weighted by atomic mass is 16.6. The van der Waals surface area contributed by atoms with Crippen LogP contribution in [0.1, 0.15) is 38.3 Å². The minimum absolute atomic E-state index is 0.0987. The van der Waals surface area contributed by atoms with Crippen molar-refractivity contribution < 1.29 is 14.6 Å². The Labute approximate surface area is 173 Å². The molecule has 0 bridgehead atoms. The molecular weight excluding hydrogens is 360 g/mol. The number of carbonyl (C=O) groups excluding carboxylic acids is 1. The van der Waals surface area contributed by atoms with E-state index in [1.165, 1.54) is 16.7 Å². The van der Waals surface area contributed by atoms with Crippen LogP contribution in [-0.4, -0.2) is 22.8 Å². The fourth-order valence-electron chi connectivity index (χ4n) is 5.23. The Morgan fingerprint density at radius 2 is 1.79 bits per heavy atom. The molecule has 1 heterocycles. The maximum absolute atomic E-state index is 12.3. The molecule has 1 saturated heterocycles. The maximum Gasteiger partial charge on any atom is 0.338 e. The first-order valence-corrected chi connectivity index (χ1v) is 10.6. The average Bonchev–Trinajstić information content (AvgIpc) is 2.91. The summed E-state index contributed by atoms with van der Waals surface area (Å²) in [5, 5.41) is 11.1. The van der Waals surface area contributed by atoms with Crippen molar-refractivity contribution in [2.24, 2.45) is 23.7 Å². The number of allylic oxidation sites excluding steroid dienone is 1. The van der Waals surface area contributed by atoms with Crippen molar-refractivity contribution in [3.05, 3.63) is 65.7 Å². The third-order valence-corrected chi connectivity index (χ3v) is 7.03. The van der Waals surface area contributed by atoms with Crippen LogP contribution in [0.25, 0.3) is 17.2 Å². The molecule has 1 N–H and O–H groups in total. The molecule has 1 aliphatic heterocycles. The minimum Gasteiger partial charge on any atom is -0.460 e. The molecule has 0 radical (unpaired) electrons. The van der Waals surface area contributed by atoms with Gasteiger partial charge in [-0.05, 0) is 54.7 Å². The molecule has 2 aromatic carbocycles. The van der Waals surface area contributed by atoms with E-state index in [4.69, 9.17) is 4.74 Å². The number of ether oxygens (including phenoxy) is 1. The highest BCUT2D eigenvalue weighted by Gasteiger charge is 2.61. The molecule has 0 unspecified atom stereocenters. The molecule has 2 fully saturated rings. The fraction of sp³-hybridized carbons (Fsp3) is 0.423. The van der Waals surface area contributed by atoms with Crippen molar-refractivity contribution >= 4 is 12.0 Å². The summed E-state index contributed by atoms with van der Waals surface area (Å²) < 4.78 is 5.44. The predicted octanol–water partition coefficient (Wildman–Crippen LogP) is 5.26. The number of esters is 1. The Hall–Kier alpha value is -2.39. The normalized spacial score (nSPS) is 34.2. The number of aryl methyl sites for hydroxylation is 1. The van der Waals surface area contributed by atoms with Gasteiger partial charge in [-0.3, -0.25) is 0 Å². The van der Waals surface area contributed by atoms with Crippen molar-refractivity contribution in [2.45, 2.75) is 45.8 Å². The lowest BCUT2D eigenvalue weighted by atomic mass is 9.60. The molecule has 6 atom stereocenters. The summed E-state index contributed by atoms with van der Waals surface area (Å²) in [6.07, 6.45) is 4.52. The lowest BCUT2D eigenvalue weighted by molar-refractivity contribution is -0.160. The smallest absolute Gasteiger partial charge is 0.338 e. The lowest BCUT2D eigenvalue weighted by Gasteiger charge is -2.44. The monoisotopic (exact) mass is 390 g/mol. The Morgan fingerprint density at radius 1 is 1.07 bits per heavy atom. The summed E-state index contributed by atoms with van der Waals surface area (Å²) >= 11 is 0. The van der Waals surface area contributed by atoms with Crippen LogP contribution in [0.2, 0.25) is 0 Å². The van der Waals surface area contributed by atoms with E-state index in [1.54, 1.807) is 0 Å². The number of rotatable bonds is 3. The minimum atomic E-state index is -1.35. The van der Waals surface area contributed by atoms with Crippen molar-refractivity contribution in [3.8, 4) is 11.1 Å². The zero-order valence-corrected chi connectivity index (χ0v) is 17.6. The SMILES string of the molecule is Cc1cccc(-c2ccc(/C=C/[C@H]3[C@H](C)[C@@H](C)C[C@@]4(O)C(=O)O[C@H](C)[C@@H]34)cc2)c1. The van der Waals surface area contributed by atoms with Crippen molar-refractivity contribution in [1.82, 2.24) is 0 Å². The first-order chi connectivity index (χ1) is 13.8. The van der Waals surface area contributed by atoms with Gasteiger partial charge in [0.25, 0.3) is 0 Å². The Balaban J connectivity index is 1.58. The van der Waals surface area contributed by atoms with E-state index >= 15 is 0 Å². The summed E-state index contributed by atoms with van der Waals surface area (Å²) in [7, 11) is 0. The highest BCUT2D eigenvalue weighted by molar-refractivity contribution is 5.82. The van der Waals surface area contributed by atoms with Crippen LogP contribution in [-0.2, 0) is 9.53 Å². The number of hydrogen-bond donors (Lipinski definition) is 1. The Morgan fingerprint density at radius 3 is 2.48 bits per heavy atom. The first kappa shape index (κ1) is 19.9. The van der Waals surface area contributed by atoms with E-state index in [-0.39, 0.29) is 23.9 Å². The van der Waals surface area contributed by atoms with Crippen LogP contribution in [0.5, 0.6) is 0 Å². The van der Waals surface area contributed by atoms with Gasteiger partial charge >= 0.3 is 5.97 Å². The second-order valence-corrected chi connectivity index (χ2v) is 9.03. The summed E-state index contributed by atoms with van der Waals surface area (Å²) in [5.74, 6) is 0.0906. The van der Waals surface area contributed by atoms with Gasteiger partial charge in [0.15, 0.2) is 5.60 Å². The van der Waals surface area contributed by atoms with Crippen LogP contribution < -0.4 is 0 Å². The second-order valence-electron chi connectivity index (χ2n) is 9.03. The summed E-state index contributed by atoms with van der Waals surface area (Å²) in [6, 6.07) is 17.0. The molecule has 1 aliphatic carbocycles. The molecule has 152 valence electrons. The third-order valence-electron chi connectivity index (χ3n) is 7.03. The topological polar surface area (TPSA) is 46.5 Å². The van der Waals surface area contributed by atoms with Crippen LogP contribution in [0, 0.1) is 30.6 Å². The van der Waals surface area contributed by atoms with E-state index in [2.05, 4.69) is 81.5 Å². The van der Waals surface area contributed by atoms with Crippen molar-refractivity contribution in [3.63, 3.8) is 0 Å². The molecule has 3 heteroatoms. The van der Waals surface area contributed by atoms with Gasteiger partial charge in [0.05, 0.1) is 0 Å². The van der Waals surface area contributed by atoms with Crippen LogP contribution in [0.4, 0.5) is 0 Å². The van der Waals surface area contributed by atoms with Crippen molar-refractivity contribution in [1.29, 1.82) is 0 Å². The molecule has 29 heavy (non-hydrogen) atoms. The highest BCUT2D eigenvalue weighted by Crippen LogP contribution is 2.51. The molecule has 1 saturated carbocycles. The zero-order chi connectivity index (χ0) is 20.8. The average molecular weight is 391 g/mol. The number of carbonyl (C=O) groups is 1. The molecule has 0 amide bonds. The van der Waals surface area contributed by atoms with Gasteiger partial charge in [0.1, 0.15) is 6.10 Å². The molecule has 2 aliphatic rings. The molecule has 2 aromatic rings. The first-order valence-electron chi connectivity index (χ1n) is 10.6. The number of cyclic esters (lactones) is 1. The maximum atomic E-state index is 12.3. The van der Waals surface area contributed by atoms with Crippen LogP contribution in [0.3, 0.4) is 0 Å². The predicted molar refractivity (Wildman–Crippen MR) is 116 cm³/mol. The number of benzene rings is 2. The van der Waals surface area contributed by atoms with Crippen molar-refractivity contribution in [2.75, 3.05) is 0 Å². The number of aliphatic hydroxyl groups is 1. The largest absolute Gasteiger partial charge is 0.460 e. The van der Waals surface area contributed by atoms with Gasteiger partial charge in [-0.15, -0.1) is 0 Å². The van der Waals surface area contributed by atoms with Gasteiger partial charge in [-0.1, -0.05) is 80.1 Å². The van der Waals surface area contributed by atoms with E-state index in [0.29, 0.717) is 12.3 Å². The fourth-order valence-corrected chi connectivity index (χ4v) is 5.23. The van der Waals surface area contributed by atoms with Crippen LogP contribution in [0.15, 0.2) is 54.6 Å². The van der Waals surface area contributed by atoms with Crippen LogP contribution >= 0.6 is 0 Å². The van der Waals surface area contributed by atoms with E-state index in [0.717, 1.165) is 5.56 Å². The van der Waals surface area contributed by atoms with Gasteiger partial charge in [0, 0.05) is 5.92 Å². The standard InChI is InChI=1S/C26H30O3/c1-16-6-5-7-22(14-16)21-11-8-20(9-12-21)10-13-23-18(3)17(2)15-26(28)24(23)19(4)29-25(26)27/h5-14,17-19,23-24,28H,15H2,1-4H3/b13-10+/t17-,18+,19+,23-,24-,26-/m0/s1. The second kappa shape index (κ2) is 7.46. The van der Waals surface area contributed by atoms with E-state index < -0.39 is 11.6 Å². The third kappa shape index (κ3) is 3.53. The Kier molecular flexibility index (Phi) is 5.12. The zero-order valence-electron chi connectivity index (χ0n) is 17.6. The van der Waals surface area contributed by atoms with Gasteiger partial charge in [0.2, 0.25) is 0 Å². The summed E-state index contributed by atoms with van der Waals surface area (Å²) in [6.45, 7) is 8.34. The Bertz CT molecular complexity index is 929. The molecule has 4 rings (SSSR count). The molecule has 0 spiro atoms. The quantitative estimate of drug-likeness (QED) is 0.727. The summed E-state index contributed by atoms with van der Waals surface area (Å²) in [5.41, 5.74) is 3.43. The summed E-state index contributed by atoms with van der Waals surface area (Å²) in [4.78, 5) is 12.3. The number of hydrogen-bond acceptors (Lipinski definition) is 3. The van der Waals surface area contributed by atoms with Gasteiger partial charge in [-0.25, -0.2) is 4.79 Å². The molecule has 3 nitrogen and oxygen atoms in total. The van der Waals surface area contributed by atoms with Gasteiger partial charge < -0.3 is 9.84 Å². The lowest BCUT2D eigenvalue weighted by Crippen LogP contribution is -2.52. The van der Waals surface area contributed by atoms with E-state index in [9.17, 15) is 9.90 Å². The van der Waals surface area contributed by atoms with Gasteiger partial charge in [-0.2, -0.15) is 0 Å².